The number of hydrogen-bond donors (Lipinski definition) is 1. The molecule has 1 aromatic carbocycles. The summed E-state index contributed by atoms with van der Waals surface area (Å²) in [5.74, 6) is 0.866. The van der Waals surface area contributed by atoms with Crippen molar-refractivity contribution in [1.29, 1.82) is 0 Å². The van der Waals surface area contributed by atoms with Crippen LogP contribution in [0.15, 0.2) is 29.6 Å². The van der Waals surface area contributed by atoms with E-state index in [4.69, 9.17) is 11.6 Å². The lowest BCUT2D eigenvalue weighted by molar-refractivity contribution is 1.12. The van der Waals surface area contributed by atoms with Crippen LogP contribution in [0.25, 0.3) is 0 Å². The Balaban J connectivity index is 1.95. The summed E-state index contributed by atoms with van der Waals surface area (Å²) in [6.45, 7) is 0.759. The van der Waals surface area contributed by atoms with Crippen molar-refractivity contribution in [2.75, 3.05) is 5.32 Å². The average Bonchev–Trinajstić information content (AvgIpc) is 2.70. The minimum absolute atomic E-state index is 0.759. The van der Waals surface area contributed by atoms with Gasteiger partial charge in [-0.1, -0.05) is 23.7 Å². The van der Waals surface area contributed by atoms with E-state index >= 15 is 0 Å². The van der Waals surface area contributed by atoms with Crippen molar-refractivity contribution in [3.05, 3.63) is 45.7 Å². The Morgan fingerprint density at radius 2 is 2.14 bits per heavy atom. The van der Waals surface area contributed by atoms with Gasteiger partial charge in [0.25, 0.3) is 0 Å². The maximum absolute atomic E-state index is 5.78. The Hall–Kier alpha value is -1.06. The third-order valence-electron chi connectivity index (χ3n) is 1.78. The van der Waals surface area contributed by atoms with E-state index in [2.05, 4.69) is 15.8 Å². The van der Waals surface area contributed by atoms with Crippen LogP contribution in [0.2, 0.25) is 5.02 Å². The molecule has 0 aliphatic carbocycles. The zero-order valence-corrected chi connectivity index (χ0v) is 8.90. The summed E-state index contributed by atoms with van der Waals surface area (Å²) < 4.78 is 0. The van der Waals surface area contributed by atoms with E-state index in [-0.39, 0.29) is 0 Å². The predicted molar refractivity (Wildman–Crippen MR) is 59.7 cm³/mol. The van der Waals surface area contributed by atoms with E-state index < -0.39 is 0 Å². The van der Waals surface area contributed by atoms with Crippen molar-refractivity contribution < 1.29 is 0 Å². The van der Waals surface area contributed by atoms with Gasteiger partial charge in [-0.25, -0.2) is 4.98 Å². The minimum Gasteiger partial charge on any atom is -0.365 e. The first-order valence-electron chi connectivity index (χ1n) is 4.14. The van der Waals surface area contributed by atoms with Crippen LogP contribution in [-0.4, -0.2) is 4.98 Å². The maximum Gasteiger partial charge on any atom is 0.154 e. The lowest BCUT2D eigenvalue weighted by Crippen LogP contribution is -1.98. The van der Waals surface area contributed by atoms with Crippen LogP contribution in [-0.2, 0) is 6.54 Å². The first-order valence-corrected chi connectivity index (χ1v) is 5.40. The summed E-state index contributed by atoms with van der Waals surface area (Å²) in [6, 6.07) is 7.74. The van der Waals surface area contributed by atoms with Crippen LogP contribution < -0.4 is 5.32 Å². The monoisotopic (exact) mass is 223 g/mol. The van der Waals surface area contributed by atoms with E-state index in [0.29, 0.717) is 0 Å². The fraction of sp³-hybridized carbons (Fsp3) is 0.100. The number of aromatic nitrogens is 1. The third kappa shape index (κ3) is 2.47. The molecule has 0 spiro atoms. The number of benzene rings is 1. The van der Waals surface area contributed by atoms with Crippen molar-refractivity contribution in [2.24, 2.45) is 0 Å². The summed E-state index contributed by atoms with van der Waals surface area (Å²) in [4.78, 5) is 4.01. The second-order valence-corrected chi connectivity index (χ2v) is 3.89. The molecule has 0 unspecified atom stereocenters. The van der Waals surface area contributed by atoms with Gasteiger partial charge in [-0.15, -0.1) is 11.3 Å². The lowest BCUT2D eigenvalue weighted by atomic mass is 10.2. The van der Waals surface area contributed by atoms with Gasteiger partial charge in [0, 0.05) is 16.9 Å². The molecule has 0 atom stereocenters. The first kappa shape index (κ1) is 9.49. The molecule has 0 amide bonds. The fourth-order valence-corrected chi connectivity index (χ4v) is 1.64. The molecule has 4 heteroatoms. The number of anilines is 1. The highest BCUT2D eigenvalue weighted by atomic mass is 35.5. The highest BCUT2D eigenvalue weighted by molar-refractivity contribution is 7.07. The molecule has 2 nitrogen and oxygen atoms in total. The van der Waals surface area contributed by atoms with Crippen LogP contribution in [0.3, 0.4) is 0 Å². The molecule has 71 valence electrons. The highest BCUT2D eigenvalue weighted by Crippen LogP contribution is 2.12. The van der Waals surface area contributed by atoms with Gasteiger partial charge >= 0.3 is 0 Å². The Bertz CT molecular complexity index is 383. The van der Waals surface area contributed by atoms with Crippen LogP contribution in [0, 0.1) is 5.51 Å². The summed E-state index contributed by atoms with van der Waals surface area (Å²) in [6.07, 6.45) is 0. The quantitative estimate of drug-likeness (QED) is 0.865. The van der Waals surface area contributed by atoms with E-state index in [1.807, 2.05) is 29.6 Å². The molecule has 0 bridgehead atoms. The summed E-state index contributed by atoms with van der Waals surface area (Å²) >= 11 is 7.23. The summed E-state index contributed by atoms with van der Waals surface area (Å²) in [7, 11) is 0. The van der Waals surface area contributed by atoms with Crippen molar-refractivity contribution >= 4 is 28.8 Å². The zero-order valence-electron chi connectivity index (χ0n) is 7.33. The average molecular weight is 224 g/mol. The number of nitrogens with one attached hydrogen (secondary N) is 1. The normalized spacial score (nSPS) is 10.1. The van der Waals surface area contributed by atoms with Crippen LogP contribution in [0.5, 0.6) is 0 Å². The molecule has 1 radical (unpaired) electrons. The first-order chi connectivity index (χ1) is 6.84. The Labute approximate surface area is 91.6 Å². The van der Waals surface area contributed by atoms with Crippen LogP contribution in [0.1, 0.15) is 5.56 Å². The molecule has 1 N–H and O–H groups in total. The third-order valence-corrected chi connectivity index (χ3v) is 2.57. The topological polar surface area (TPSA) is 24.9 Å². The van der Waals surface area contributed by atoms with Crippen LogP contribution in [0.4, 0.5) is 5.82 Å². The molecule has 0 saturated heterocycles. The standard InChI is InChI=1S/C10H8ClN2S/c11-9-3-1-8(2-4-9)5-12-10-6-14-7-13-10/h1-4,6,12H,5H2. The second-order valence-electron chi connectivity index (χ2n) is 2.80. The maximum atomic E-state index is 5.78. The largest absolute Gasteiger partial charge is 0.365 e. The van der Waals surface area contributed by atoms with Gasteiger partial charge in [-0.05, 0) is 17.7 Å². The Morgan fingerprint density at radius 1 is 1.36 bits per heavy atom. The molecular formula is C10H8ClN2S. The molecule has 2 rings (SSSR count). The molecular weight excluding hydrogens is 216 g/mol. The zero-order chi connectivity index (χ0) is 9.80. The Morgan fingerprint density at radius 3 is 2.79 bits per heavy atom. The Kier molecular flexibility index (Phi) is 3.01. The van der Waals surface area contributed by atoms with E-state index in [1.165, 1.54) is 16.9 Å². The van der Waals surface area contributed by atoms with Crippen molar-refractivity contribution in [2.45, 2.75) is 6.54 Å². The van der Waals surface area contributed by atoms with Gasteiger partial charge in [-0.3, -0.25) is 0 Å². The number of rotatable bonds is 3. The van der Waals surface area contributed by atoms with Crippen molar-refractivity contribution in [3.63, 3.8) is 0 Å². The smallest absolute Gasteiger partial charge is 0.154 e. The SMILES string of the molecule is Clc1ccc(CNc2cs[c]n2)cc1. The number of hydrogen-bond acceptors (Lipinski definition) is 3. The number of nitrogens with zero attached hydrogens (tertiary/aromatic N) is 1. The molecule has 14 heavy (non-hydrogen) atoms. The molecule has 0 aliphatic heterocycles. The minimum atomic E-state index is 0.759. The van der Waals surface area contributed by atoms with E-state index in [1.54, 1.807) is 0 Å². The van der Waals surface area contributed by atoms with Crippen molar-refractivity contribution in [3.8, 4) is 0 Å². The van der Waals surface area contributed by atoms with Gasteiger partial charge in [-0.2, -0.15) is 0 Å². The lowest BCUT2D eigenvalue weighted by Gasteiger charge is -2.02. The summed E-state index contributed by atoms with van der Waals surface area (Å²) in [5.41, 5.74) is 3.97. The molecule has 1 heterocycles. The number of thiazole rings is 1. The molecule has 0 saturated carbocycles. The van der Waals surface area contributed by atoms with Gasteiger partial charge in [0.05, 0.1) is 0 Å². The number of halogens is 1. The second kappa shape index (κ2) is 4.44. The molecule has 0 fully saturated rings. The fourth-order valence-electron chi connectivity index (χ4n) is 1.06. The van der Waals surface area contributed by atoms with E-state index in [0.717, 1.165) is 17.4 Å². The molecule has 2 aromatic rings. The van der Waals surface area contributed by atoms with Gasteiger partial charge < -0.3 is 5.32 Å². The van der Waals surface area contributed by atoms with Gasteiger partial charge in [0.15, 0.2) is 5.51 Å². The van der Waals surface area contributed by atoms with Crippen molar-refractivity contribution in [1.82, 2.24) is 4.98 Å². The molecule has 1 aromatic heterocycles. The van der Waals surface area contributed by atoms with Gasteiger partial charge in [0.1, 0.15) is 5.82 Å². The highest BCUT2D eigenvalue weighted by Gasteiger charge is 1.95. The van der Waals surface area contributed by atoms with E-state index in [9.17, 15) is 0 Å². The molecule has 0 aliphatic rings. The van der Waals surface area contributed by atoms with Gasteiger partial charge in [0.2, 0.25) is 0 Å². The van der Waals surface area contributed by atoms with Crippen LogP contribution >= 0.6 is 22.9 Å². The predicted octanol–water partition coefficient (Wildman–Crippen LogP) is 3.21. The summed E-state index contributed by atoms with van der Waals surface area (Å²) in [5, 5.41) is 5.87.